The molecule has 3 atom stereocenters. The topological polar surface area (TPSA) is 15.3 Å². The van der Waals surface area contributed by atoms with Crippen molar-refractivity contribution in [3.8, 4) is 0 Å². The zero-order chi connectivity index (χ0) is 11.9. The van der Waals surface area contributed by atoms with E-state index >= 15 is 0 Å². The van der Waals surface area contributed by atoms with Crippen LogP contribution in [0.4, 0.5) is 0 Å². The summed E-state index contributed by atoms with van der Waals surface area (Å²) in [6, 6.07) is 0.892. The van der Waals surface area contributed by atoms with Crippen LogP contribution in [0.5, 0.6) is 0 Å². The van der Waals surface area contributed by atoms with Crippen LogP contribution in [-0.2, 0) is 0 Å². The zero-order valence-electron chi connectivity index (χ0n) is 11.5. The van der Waals surface area contributed by atoms with E-state index < -0.39 is 0 Å². The van der Waals surface area contributed by atoms with Gasteiger partial charge in [0.1, 0.15) is 0 Å². The van der Waals surface area contributed by atoms with Crippen LogP contribution < -0.4 is 5.32 Å². The quantitative estimate of drug-likeness (QED) is 0.793. The van der Waals surface area contributed by atoms with Crippen molar-refractivity contribution in [2.45, 2.75) is 64.0 Å². The van der Waals surface area contributed by atoms with E-state index in [1.165, 1.54) is 58.2 Å². The minimum Gasteiger partial charge on any atom is -0.310 e. The van der Waals surface area contributed by atoms with E-state index in [0.29, 0.717) is 5.54 Å². The first-order valence-electron chi connectivity index (χ1n) is 7.66. The van der Waals surface area contributed by atoms with Crippen molar-refractivity contribution in [3.63, 3.8) is 0 Å². The van der Waals surface area contributed by atoms with Crippen LogP contribution in [0, 0.1) is 11.8 Å². The fraction of sp³-hybridized carbons (Fsp3) is 1.00. The molecule has 17 heavy (non-hydrogen) atoms. The lowest BCUT2D eigenvalue weighted by atomic mass is 9.94. The van der Waals surface area contributed by atoms with Gasteiger partial charge in [-0.05, 0) is 70.4 Å². The molecule has 2 heteroatoms. The molecule has 0 spiro atoms. The molecular weight excluding hydrogens is 208 g/mol. The molecule has 2 nitrogen and oxygen atoms in total. The van der Waals surface area contributed by atoms with Gasteiger partial charge in [0.25, 0.3) is 0 Å². The molecule has 98 valence electrons. The predicted octanol–water partition coefficient (Wildman–Crippen LogP) is 2.64. The first-order valence-corrected chi connectivity index (χ1v) is 7.66. The molecule has 3 fully saturated rings. The fourth-order valence-electron chi connectivity index (χ4n) is 4.03. The van der Waals surface area contributed by atoms with Crippen molar-refractivity contribution in [1.29, 1.82) is 0 Å². The Kier molecular flexibility index (Phi) is 3.20. The van der Waals surface area contributed by atoms with Crippen molar-refractivity contribution in [2.75, 3.05) is 19.6 Å². The summed E-state index contributed by atoms with van der Waals surface area (Å²) in [6.07, 6.45) is 8.60. The smallest absolute Gasteiger partial charge is 0.0308 e. The normalized spacial score (nSPS) is 44.8. The van der Waals surface area contributed by atoms with Crippen molar-refractivity contribution in [3.05, 3.63) is 0 Å². The Labute approximate surface area is 106 Å². The first-order chi connectivity index (χ1) is 8.17. The molecule has 0 aromatic rings. The standard InChI is InChI=1S/C15H28N2/c1-12-4-7-14(10-12)17-9-3-8-16-15(2,11-17)13-5-6-13/h12-14,16H,3-11H2,1-2H3. The van der Waals surface area contributed by atoms with E-state index in [9.17, 15) is 0 Å². The Morgan fingerprint density at radius 1 is 1.18 bits per heavy atom. The highest BCUT2D eigenvalue weighted by molar-refractivity contribution is 5.02. The maximum absolute atomic E-state index is 3.84. The Bertz CT molecular complexity index is 274. The van der Waals surface area contributed by atoms with E-state index in [-0.39, 0.29) is 0 Å². The SMILES string of the molecule is CC1CCC(N2CCCNC(C)(C3CC3)C2)C1. The summed E-state index contributed by atoms with van der Waals surface area (Å²) in [4.78, 5) is 2.82. The first kappa shape index (κ1) is 12.0. The monoisotopic (exact) mass is 236 g/mol. The molecule has 2 aliphatic carbocycles. The predicted molar refractivity (Wildman–Crippen MR) is 72.1 cm³/mol. The van der Waals surface area contributed by atoms with Crippen LogP contribution in [0.25, 0.3) is 0 Å². The van der Waals surface area contributed by atoms with Gasteiger partial charge in [0.05, 0.1) is 0 Å². The van der Waals surface area contributed by atoms with Gasteiger partial charge in [-0.1, -0.05) is 6.92 Å². The lowest BCUT2D eigenvalue weighted by Gasteiger charge is -2.37. The third-order valence-corrected chi connectivity index (χ3v) is 5.34. The maximum atomic E-state index is 3.84. The third kappa shape index (κ3) is 2.53. The molecule has 0 aromatic heterocycles. The van der Waals surface area contributed by atoms with Crippen molar-refractivity contribution >= 4 is 0 Å². The highest BCUT2D eigenvalue weighted by Crippen LogP contribution is 2.41. The van der Waals surface area contributed by atoms with Gasteiger partial charge in [-0.25, -0.2) is 0 Å². The average molecular weight is 236 g/mol. The third-order valence-electron chi connectivity index (χ3n) is 5.34. The summed E-state index contributed by atoms with van der Waals surface area (Å²) in [5, 5.41) is 3.84. The highest BCUT2D eigenvalue weighted by Gasteiger charge is 2.44. The van der Waals surface area contributed by atoms with Gasteiger partial charge < -0.3 is 5.32 Å². The van der Waals surface area contributed by atoms with Gasteiger partial charge in [-0.3, -0.25) is 4.90 Å². The molecular formula is C15H28N2. The molecule has 0 aromatic carbocycles. The van der Waals surface area contributed by atoms with Gasteiger partial charge >= 0.3 is 0 Å². The Hall–Kier alpha value is -0.0800. The number of nitrogens with one attached hydrogen (secondary N) is 1. The van der Waals surface area contributed by atoms with Crippen molar-refractivity contribution in [2.24, 2.45) is 11.8 Å². The van der Waals surface area contributed by atoms with Crippen LogP contribution in [0.15, 0.2) is 0 Å². The van der Waals surface area contributed by atoms with Crippen LogP contribution >= 0.6 is 0 Å². The number of hydrogen-bond acceptors (Lipinski definition) is 2. The lowest BCUT2D eigenvalue weighted by Crippen LogP contribution is -2.52. The number of rotatable bonds is 2. The largest absolute Gasteiger partial charge is 0.310 e. The van der Waals surface area contributed by atoms with Gasteiger partial charge in [0.2, 0.25) is 0 Å². The molecule has 0 amide bonds. The fourth-order valence-corrected chi connectivity index (χ4v) is 4.03. The molecule has 3 aliphatic rings. The van der Waals surface area contributed by atoms with E-state index in [0.717, 1.165) is 17.9 Å². The van der Waals surface area contributed by atoms with Gasteiger partial charge in [0.15, 0.2) is 0 Å². The van der Waals surface area contributed by atoms with E-state index in [1.807, 2.05) is 0 Å². The van der Waals surface area contributed by atoms with E-state index in [2.05, 4.69) is 24.1 Å². The van der Waals surface area contributed by atoms with Gasteiger partial charge in [-0.2, -0.15) is 0 Å². The Balaban J connectivity index is 1.67. The van der Waals surface area contributed by atoms with Gasteiger partial charge in [-0.15, -0.1) is 0 Å². The molecule has 2 saturated carbocycles. The summed E-state index contributed by atoms with van der Waals surface area (Å²) >= 11 is 0. The summed E-state index contributed by atoms with van der Waals surface area (Å²) in [5.41, 5.74) is 0.419. The lowest BCUT2D eigenvalue weighted by molar-refractivity contribution is 0.150. The molecule has 1 heterocycles. The second-order valence-corrected chi connectivity index (χ2v) is 7.01. The molecule has 1 aliphatic heterocycles. The Morgan fingerprint density at radius 2 is 2.00 bits per heavy atom. The number of hydrogen-bond donors (Lipinski definition) is 1. The molecule has 3 unspecified atom stereocenters. The van der Waals surface area contributed by atoms with E-state index in [1.54, 1.807) is 0 Å². The van der Waals surface area contributed by atoms with Crippen molar-refractivity contribution < 1.29 is 0 Å². The van der Waals surface area contributed by atoms with Crippen molar-refractivity contribution in [1.82, 2.24) is 10.2 Å². The minimum absolute atomic E-state index is 0.419. The van der Waals surface area contributed by atoms with Gasteiger partial charge in [0, 0.05) is 18.1 Å². The second kappa shape index (κ2) is 4.55. The average Bonchev–Trinajstić information content (AvgIpc) is 3.08. The van der Waals surface area contributed by atoms with Crippen LogP contribution in [0.3, 0.4) is 0 Å². The molecule has 3 rings (SSSR count). The Morgan fingerprint density at radius 3 is 2.65 bits per heavy atom. The number of nitrogens with zero attached hydrogens (tertiary/aromatic N) is 1. The molecule has 0 radical (unpaired) electrons. The molecule has 1 N–H and O–H groups in total. The molecule has 0 bridgehead atoms. The summed E-state index contributed by atoms with van der Waals surface area (Å²) < 4.78 is 0. The van der Waals surface area contributed by atoms with E-state index in [4.69, 9.17) is 0 Å². The molecule has 1 saturated heterocycles. The highest BCUT2D eigenvalue weighted by atomic mass is 15.2. The maximum Gasteiger partial charge on any atom is 0.0308 e. The zero-order valence-corrected chi connectivity index (χ0v) is 11.5. The van der Waals surface area contributed by atoms with Crippen LogP contribution in [-0.4, -0.2) is 36.1 Å². The second-order valence-electron chi connectivity index (χ2n) is 7.01. The summed E-state index contributed by atoms with van der Waals surface area (Å²) in [5.74, 6) is 1.92. The summed E-state index contributed by atoms with van der Waals surface area (Å²) in [7, 11) is 0. The van der Waals surface area contributed by atoms with Crippen LogP contribution in [0.2, 0.25) is 0 Å². The van der Waals surface area contributed by atoms with Crippen LogP contribution in [0.1, 0.15) is 52.4 Å². The summed E-state index contributed by atoms with van der Waals surface area (Å²) in [6.45, 7) is 8.76. The minimum atomic E-state index is 0.419.